The zero-order chi connectivity index (χ0) is 26.1. The van der Waals surface area contributed by atoms with Gasteiger partial charge in [0.2, 0.25) is 0 Å². The van der Waals surface area contributed by atoms with Crippen molar-refractivity contribution in [2.45, 2.75) is 0 Å². The van der Waals surface area contributed by atoms with Gasteiger partial charge in [-0.15, -0.1) is 0 Å². The minimum Gasteiger partial charge on any atom is -0.378 e. The number of nitrogens with zero attached hydrogens (tertiary/aromatic N) is 3. The van der Waals surface area contributed by atoms with E-state index in [4.69, 9.17) is 16.3 Å². The fourth-order valence-electron chi connectivity index (χ4n) is 3.92. The van der Waals surface area contributed by atoms with Crippen molar-refractivity contribution in [1.29, 1.82) is 0 Å². The Morgan fingerprint density at radius 2 is 1.68 bits per heavy atom. The molecule has 37 heavy (non-hydrogen) atoms. The van der Waals surface area contributed by atoms with E-state index in [0.29, 0.717) is 49.2 Å². The molecule has 188 valence electrons. The molecule has 2 heterocycles. The molecule has 7 nitrogen and oxygen atoms in total. The topological polar surface area (TPSA) is 84.4 Å². The van der Waals surface area contributed by atoms with E-state index in [2.05, 4.69) is 15.3 Å². The van der Waals surface area contributed by atoms with Crippen LogP contribution in [0.5, 0.6) is 0 Å². The van der Waals surface area contributed by atoms with Gasteiger partial charge in [-0.2, -0.15) is 0 Å². The van der Waals surface area contributed by atoms with Crippen LogP contribution in [0.25, 0.3) is 11.0 Å². The quantitative estimate of drug-likeness (QED) is 0.368. The van der Waals surface area contributed by atoms with Crippen molar-refractivity contribution in [3.63, 3.8) is 0 Å². The number of fused-ring (bicyclic) bond motifs is 1. The first-order valence-electron chi connectivity index (χ1n) is 11.2. The van der Waals surface area contributed by atoms with Gasteiger partial charge in [0.15, 0.2) is 23.2 Å². The number of morpholine rings is 1. The SMILES string of the molecule is O=C(Nc1ccc(Cl)c(C(=O)c2ccc3ncc(N4CCOCC4)nc3c2)c1F)c1ccc(F)c(F)c1. The lowest BCUT2D eigenvalue weighted by Gasteiger charge is -2.27. The molecule has 0 saturated carbocycles. The van der Waals surface area contributed by atoms with Gasteiger partial charge in [-0.3, -0.25) is 14.6 Å². The number of hydrogen-bond donors (Lipinski definition) is 1. The number of ketones is 1. The molecule has 1 aromatic heterocycles. The Bertz CT molecular complexity index is 1540. The van der Waals surface area contributed by atoms with Crippen LogP contribution in [0.2, 0.25) is 5.02 Å². The fourth-order valence-corrected chi connectivity index (χ4v) is 4.15. The fraction of sp³-hybridized carbons (Fsp3) is 0.154. The zero-order valence-corrected chi connectivity index (χ0v) is 19.9. The minimum atomic E-state index is -1.23. The van der Waals surface area contributed by atoms with Crippen molar-refractivity contribution in [3.05, 3.63) is 93.9 Å². The summed E-state index contributed by atoms with van der Waals surface area (Å²) in [5, 5.41) is 2.10. The number of rotatable bonds is 5. The molecule has 0 aliphatic carbocycles. The molecule has 4 aromatic rings. The molecule has 3 aromatic carbocycles. The summed E-state index contributed by atoms with van der Waals surface area (Å²) in [5.74, 6) is -4.41. The van der Waals surface area contributed by atoms with Gasteiger partial charge < -0.3 is 15.0 Å². The van der Waals surface area contributed by atoms with Crippen molar-refractivity contribution in [3.8, 4) is 0 Å². The Morgan fingerprint density at radius 3 is 2.43 bits per heavy atom. The summed E-state index contributed by atoms with van der Waals surface area (Å²) in [6.45, 7) is 2.45. The standard InChI is InChI=1S/C26H18ClF3N4O3/c27-16-3-6-20(33-26(36)15-1-4-17(28)18(29)11-15)24(30)23(16)25(35)14-2-5-19-21(12-14)32-22(13-31-19)34-7-9-37-10-8-34/h1-6,11-13H,7-10H2,(H,33,36). The Kier molecular flexibility index (Phi) is 6.77. The third-order valence-corrected chi connectivity index (χ3v) is 6.19. The van der Waals surface area contributed by atoms with Crippen LogP contribution in [0, 0.1) is 17.5 Å². The average molecular weight is 527 g/mol. The van der Waals surface area contributed by atoms with Crippen LogP contribution in [0.3, 0.4) is 0 Å². The van der Waals surface area contributed by atoms with E-state index < -0.39 is 34.7 Å². The molecule has 0 bridgehead atoms. The number of anilines is 2. The Balaban J connectivity index is 1.45. The molecular formula is C26H18ClF3N4O3. The van der Waals surface area contributed by atoms with Crippen LogP contribution in [-0.2, 0) is 4.74 Å². The summed E-state index contributed by atoms with van der Waals surface area (Å²) in [6, 6.07) is 9.53. The molecule has 0 spiro atoms. The monoisotopic (exact) mass is 526 g/mol. The molecule has 1 amide bonds. The van der Waals surface area contributed by atoms with E-state index in [0.717, 1.165) is 12.1 Å². The number of nitrogens with one attached hydrogen (secondary N) is 1. The number of benzene rings is 3. The van der Waals surface area contributed by atoms with Crippen molar-refractivity contribution >= 4 is 45.8 Å². The van der Waals surface area contributed by atoms with E-state index in [1.807, 2.05) is 4.90 Å². The Morgan fingerprint density at radius 1 is 0.919 bits per heavy atom. The van der Waals surface area contributed by atoms with Crippen LogP contribution in [0.4, 0.5) is 24.7 Å². The predicted molar refractivity (Wildman–Crippen MR) is 132 cm³/mol. The first kappa shape index (κ1) is 24.7. The maximum Gasteiger partial charge on any atom is 0.255 e. The zero-order valence-electron chi connectivity index (χ0n) is 19.1. The Hall–Kier alpha value is -4.02. The second-order valence-corrected chi connectivity index (χ2v) is 8.63. The van der Waals surface area contributed by atoms with Crippen LogP contribution < -0.4 is 10.2 Å². The second-order valence-electron chi connectivity index (χ2n) is 8.23. The number of carbonyl (C=O) groups is 2. The molecular weight excluding hydrogens is 509 g/mol. The van der Waals surface area contributed by atoms with Crippen molar-refractivity contribution in [2.24, 2.45) is 0 Å². The molecule has 1 aliphatic rings. The second kappa shape index (κ2) is 10.2. The highest BCUT2D eigenvalue weighted by Gasteiger charge is 2.23. The van der Waals surface area contributed by atoms with Crippen molar-refractivity contribution in [1.82, 2.24) is 9.97 Å². The van der Waals surface area contributed by atoms with E-state index in [1.54, 1.807) is 12.3 Å². The highest BCUT2D eigenvalue weighted by Crippen LogP contribution is 2.29. The molecule has 0 atom stereocenters. The summed E-state index contributed by atoms with van der Waals surface area (Å²) in [6.07, 6.45) is 1.64. The lowest BCUT2D eigenvalue weighted by Crippen LogP contribution is -2.36. The number of halogens is 4. The molecule has 1 fully saturated rings. The highest BCUT2D eigenvalue weighted by atomic mass is 35.5. The first-order valence-corrected chi connectivity index (χ1v) is 11.6. The van der Waals surface area contributed by atoms with Gasteiger partial charge in [0, 0.05) is 24.2 Å². The van der Waals surface area contributed by atoms with E-state index >= 15 is 4.39 Å². The number of amides is 1. The summed E-state index contributed by atoms with van der Waals surface area (Å²) in [4.78, 5) is 36.8. The normalized spacial score (nSPS) is 13.6. The van der Waals surface area contributed by atoms with Crippen molar-refractivity contribution in [2.75, 3.05) is 36.5 Å². The molecule has 5 rings (SSSR count). The lowest BCUT2D eigenvalue weighted by atomic mass is 10.0. The molecule has 1 N–H and O–H groups in total. The third-order valence-electron chi connectivity index (χ3n) is 5.87. The van der Waals surface area contributed by atoms with Gasteiger partial charge in [-0.1, -0.05) is 11.6 Å². The molecule has 1 aliphatic heterocycles. The number of carbonyl (C=O) groups excluding carboxylic acids is 2. The van der Waals surface area contributed by atoms with Gasteiger partial charge in [0.05, 0.1) is 46.7 Å². The minimum absolute atomic E-state index is 0.116. The van der Waals surface area contributed by atoms with Crippen LogP contribution in [-0.4, -0.2) is 48.0 Å². The number of hydrogen-bond acceptors (Lipinski definition) is 6. The number of ether oxygens (including phenoxy) is 1. The largest absolute Gasteiger partial charge is 0.378 e. The Labute approximate surface area is 213 Å². The molecule has 0 radical (unpaired) electrons. The smallest absolute Gasteiger partial charge is 0.255 e. The maximum atomic E-state index is 15.4. The lowest BCUT2D eigenvalue weighted by molar-refractivity contribution is 0.101. The molecule has 11 heteroatoms. The van der Waals surface area contributed by atoms with Crippen LogP contribution in [0.15, 0.2) is 54.7 Å². The third kappa shape index (κ3) is 4.98. The number of aromatic nitrogens is 2. The van der Waals surface area contributed by atoms with E-state index in [1.165, 1.54) is 24.3 Å². The van der Waals surface area contributed by atoms with Crippen molar-refractivity contribution < 1.29 is 27.5 Å². The summed E-state index contributed by atoms with van der Waals surface area (Å²) in [5.41, 5.74) is 0.0667. The highest BCUT2D eigenvalue weighted by molar-refractivity contribution is 6.35. The molecule has 0 unspecified atom stereocenters. The van der Waals surface area contributed by atoms with E-state index in [-0.39, 0.29) is 21.8 Å². The van der Waals surface area contributed by atoms with Crippen LogP contribution >= 0.6 is 11.6 Å². The van der Waals surface area contributed by atoms with Crippen LogP contribution in [0.1, 0.15) is 26.3 Å². The molecule has 1 saturated heterocycles. The predicted octanol–water partition coefficient (Wildman–Crippen LogP) is 5.02. The van der Waals surface area contributed by atoms with Gasteiger partial charge in [-0.25, -0.2) is 18.2 Å². The van der Waals surface area contributed by atoms with Gasteiger partial charge >= 0.3 is 0 Å². The first-order chi connectivity index (χ1) is 17.8. The summed E-state index contributed by atoms with van der Waals surface area (Å²) >= 11 is 6.17. The summed E-state index contributed by atoms with van der Waals surface area (Å²) < 4.78 is 47.4. The van der Waals surface area contributed by atoms with E-state index in [9.17, 15) is 18.4 Å². The summed E-state index contributed by atoms with van der Waals surface area (Å²) in [7, 11) is 0. The maximum absolute atomic E-state index is 15.4. The van der Waals surface area contributed by atoms with Gasteiger partial charge in [0.1, 0.15) is 5.82 Å². The van der Waals surface area contributed by atoms with Gasteiger partial charge in [-0.05, 0) is 48.5 Å². The average Bonchev–Trinajstić information content (AvgIpc) is 2.91. The van der Waals surface area contributed by atoms with Gasteiger partial charge in [0.25, 0.3) is 5.91 Å².